The number of fused-ring (bicyclic) bond motifs is 1. The summed E-state index contributed by atoms with van der Waals surface area (Å²) in [5, 5.41) is 0.576. The van der Waals surface area contributed by atoms with E-state index in [0.717, 1.165) is 16.0 Å². The average Bonchev–Trinajstić information content (AvgIpc) is 3.10. The average molecular weight is 492 g/mol. The molecule has 33 heavy (non-hydrogen) atoms. The topological polar surface area (TPSA) is 119 Å². The number of nitrogens with one attached hydrogen (secondary N) is 1. The molecule has 1 saturated heterocycles. The number of aryl methyl sites for hydroxylation is 3. The third kappa shape index (κ3) is 5.16. The minimum Gasteiger partial charge on any atom is -0.458 e. The van der Waals surface area contributed by atoms with Crippen LogP contribution >= 0.6 is 11.3 Å². The van der Waals surface area contributed by atoms with E-state index in [1.54, 1.807) is 24.3 Å². The van der Waals surface area contributed by atoms with Gasteiger partial charge >= 0.3 is 5.97 Å². The Morgan fingerprint density at radius 1 is 1.21 bits per heavy atom. The molecule has 0 spiro atoms. The largest absolute Gasteiger partial charge is 0.458 e. The molecule has 0 bridgehead atoms. The first-order valence-electron chi connectivity index (χ1n) is 10.6. The molecule has 3 aromatic rings. The van der Waals surface area contributed by atoms with E-state index in [1.165, 1.54) is 15.6 Å². The van der Waals surface area contributed by atoms with Gasteiger partial charge in [-0.25, -0.2) is 13.4 Å². The van der Waals surface area contributed by atoms with Crippen molar-refractivity contribution in [2.24, 2.45) is 0 Å². The van der Waals surface area contributed by atoms with Crippen molar-refractivity contribution in [3.63, 3.8) is 0 Å². The van der Waals surface area contributed by atoms with E-state index in [2.05, 4.69) is 9.97 Å². The van der Waals surface area contributed by atoms with Crippen molar-refractivity contribution in [2.75, 3.05) is 26.3 Å². The van der Waals surface area contributed by atoms with Crippen LogP contribution in [0.4, 0.5) is 0 Å². The molecule has 9 nitrogen and oxygen atoms in total. The van der Waals surface area contributed by atoms with Crippen molar-refractivity contribution < 1.29 is 22.7 Å². The number of H-pyrrole nitrogens is 1. The number of aromatic nitrogens is 2. The van der Waals surface area contributed by atoms with Gasteiger partial charge in [-0.2, -0.15) is 4.31 Å². The summed E-state index contributed by atoms with van der Waals surface area (Å²) in [5.41, 5.74) is 1.50. The van der Waals surface area contributed by atoms with Gasteiger partial charge in [-0.05, 0) is 43.5 Å². The lowest BCUT2D eigenvalue weighted by Crippen LogP contribution is -2.40. The molecule has 0 amide bonds. The third-order valence-electron chi connectivity index (χ3n) is 5.61. The van der Waals surface area contributed by atoms with E-state index in [0.29, 0.717) is 48.8 Å². The number of nitrogens with zero attached hydrogens (tertiary/aromatic N) is 2. The molecular weight excluding hydrogens is 466 g/mol. The van der Waals surface area contributed by atoms with Gasteiger partial charge in [0.15, 0.2) is 0 Å². The quantitative estimate of drug-likeness (QED) is 0.504. The number of thiophene rings is 1. The molecule has 176 valence electrons. The molecule has 0 saturated carbocycles. The number of aromatic amines is 1. The number of carbonyl (C=O) groups excluding carboxylic acids is 1. The number of benzene rings is 1. The molecular formula is C22H25N3O6S2. The minimum atomic E-state index is -3.54. The van der Waals surface area contributed by atoms with Gasteiger partial charge in [0.05, 0.1) is 23.5 Å². The molecule has 4 rings (SSSR count). The van der Waals surface area contributed by atoms with Crippen LogP contribution in [0, 0.1) is 13.8 Å². The van der Waals surface area contributed by atoms with Crippen LogP contribution in [0.1, 0.15) is 28.2 Å². The normalized spacial score (nSPS) is 15.1. The molecule has 1 aromatic carbocycles. The van der Waals surface area contributed by atoms with Crippen LogP contribution in [0.3, 0.4) is 0 Å². The first-order valence-corrected chi connectivity index (χ1v) is 12.8. The number of ether oxygens (including phenoxy) is 2. The Hall–Kier alpha value is -2.60. The molecule has 11 heteroatoms. The summed E-state index contributed by atoms with van der Waals surface area (Å²) in [6, 6.07) is 6.52. The van der Waals surface area contributed by atoms with Crippen LogP contribution in [0.25, 0.3) is 10.2 Å². The number of rotatable bonds is 7. The van der Waals surface area contributed by atoms with Crippen molar-refractivity contribution >= 4 is 37.5 Å². The van der Waals surface area contributed by atoms with E-state index in [-0.39, 0.29) is 23.5 Å². The summed E-state index contributed by atoms with van der Waals surface area (Å²) >= 11 is 1.44. The second-order valence-corrected chi connectivity index (χ2v) is 10.9. The monoisotopic (exact) mass is 491 g/mol. The van der Waals surface area contributed by atoms with Crippen molar-refractivity contribution in [1.82, 2.24) is 14.3 Å². The van der Waals surface area contributed by atoms with Crippen LogP contribution in [0.2, 0.25) is 0 Å². The van der Waals surface area contributed by atoms with E-state index in [9.17, 15) is 18.0 Å². The SMILES string of the molecule is Cc1sc2nc(COC(=O)CCc3ccc(S(=O)(=O)N4CCOCC4)cc3)[nH]c(=O)c2c1C. The molecule has 1 aliphatic rings. The predicted molar refractivity (Wildman–Crippen MR) is 124 cm³/mol. The number of carbonyl (C=O) groups is 1. The zero-order chi connectivity index (χ0) is 23.6. The van der Waals surface area contributed by atoms with Gasteiger partial charge in [0, 0.05) is 24.4 Å². The van der Waals surface area contributed by atoms with Crippen LogP contribution in [0.5, 0.6) is 0 Å². The fourth-order valence-corrected chi connectivity index (χ4v) is 6.06. The lowest BCUT2D eigenvalue weighted by atomic mass is 10.1. The summed E-state index contributed by atoms with van der Waals surface area (Å²) in [4.78, 5) is 33.4. The van der Waals surface area contributed by atoms with Gasteiger partial charge in [0.2, 0.25) is 10.0 Å². The smallest absolute Gasteiger partial charge is 0.306 e. The van der Waals surface area contributed by atoms with Gasteiger partial charge in [-0.3, -0.25) is 9.59 Å². The lowest BCUT2D eigenvalue weighted by Gasteiger charge is -2.26. The number of esters is 1. The molecule has 0 atom stereocenters. The predicted octanol–water partition coefficient (Wildman–Crippen LogP) is 2.30. The Labute approximate surface area is 195 Å². The summed E-state index contributed by atoms with van der Waals surface area (Å²) in [7, 11) is -3.54. The van der Waals surface area contributed by atoms with Gasteiger partial charge in [-0.1, -0.05) is 12.1 Å². The van der Waals surface area contributed by atoms with Crippen molar-refractivity contribution in [3.05, 3.63) is 56.4 Å². The number of morpholine rings is 1. The maximum atomic E-state index is 12.7. The molecule has 0 radical (unpaired) electrons. The van der Waals surface area contributed by atoms with Gasteiger partial charge in [-0.15, -0.1) is 11.3 Å². The fraction of sp³-hybridized carbons (Fsp3) is 0.409. The van der Waals surface area contributed by atoms with Crippen molar-refractivity contribution in [3.8, 4) is 0 Å². The second-order valence-electron chi connectivity index (χ2n) is 7.80. The summed E-state index contributed by atoms with van der Waals surface area (Å²) < 4.78 is 37.2. The maximum Gasteiger partial charge on any atom is 0.306 e. The highest BCUT2D eigenvalue weighted by molar-refractivity contribution is 7.89. The van der Waals surface area contributed by atoms with E-state index >= 15 is 0 Å². The summed E-state index contributed by atoms with van der Waals surface area (Å²) in [6.07, 6.45) is 0.530. The molecule has 3 heterocycles. The molecule has 0 aliphatic carbocycles. The Bertz CT molecular complexity index is 1320. The lowest BCUT2D eigenvalue weighted by molar-refractivity contribution is -0.145. The Kier molecular flexibility index (Phi) is 6.94. The van der Waals surface area contributed by atoms with Crippen molar-refractivity contribution in [1.29, 1.82) is 0 Å². The van der Waals surface area contributed by atoms with E-state index in [1.807, 2.05) is 13.8 Å². The molecule has 1 N–H and O–H groups in total. The summed E-state index contributed by atoms with van der Waals surface area (Å²) in [6.45, 7) is 5.17. The Balaban J connectivity index is 1.32. The van der Waals surface area contributed by atoms with Gasteiger partial charge in [0.25, 0.3) is 5.56 Å². The molecule has 1 aliphatic heterocycles. The maximum absolute atomic E-state index is 12.7. The fourth-order valence-electron chi connectivity index (χ4n) is 3.60. The molecule has 2 aromatic heterocycles. The number of hydrogen-bond acceptors (Lipinski definition) is 8. The van der Waals surface area contributed by atoms with Gasteiger partial charge < -0.3 is 14.5 Å². The van der Waals surface area contributed by atoms with Crippen LogP contribution in [-0.4, -0.2) is 55.0 Å². The van der Waals surface area contributed by atoms with Crippen LogP contribution < -0.4 is 5.56 Å². The van der Waals surface area contributed by atoms with Crippen LogP contribution in [0.15, 0.2) is 34.0 Å². The van der Waals surface area contributed by atoms with Crippen molar-refractivity contribution in [2.45, 2.75) is 38.2 Å². The van der Waals surface area contributed by atoms with E-state index in [4.69, 9.17) is 9.47 Å². The van der Waals surface area contributed by atoms with E-state index < -0.39 is 16.0 Å². The highest BCUT2D eigenvalue weighted by atomic mass is 32.2. The number of sulfonamides is 1. The van der Waals surface area contributed by atoms with Crippen LogP contribution in [-0.2, 0) is 37.3 Å². The minimum absolute atomic E-state index is 0.114. The Morgan fingerprint density at radius 2 is 1.91 bits per heavy atom. The highest BCUT2D eigenvalue weighted by Gasteiger charge is 2.26. The highest BCUT2D eigenvalue weighted by Crippen LogP contribution is 2.25. The van der Waals surface area contributed by atoms with Gasteiger partial charge in [0.1, 0.15) is 17.3 Å². The summed E-state index contributed by atoms with van der Waals surface area (Å²) in [5.74, 6) is -0.124. The zero-order valence-electron chi connectivity index (χ0n) is 18.4. The zero-order valence-corrected chi connectivity index (χ0v) is 20.1. The Morgan fingerprint density at radius 3 is 2.61 bits per heavy atom. The molecule has 1 fully saturated rings. The number of hydrogen-bond donors (Lipinski definition) is 1. The first kappa shape index (κ1) is 23.6. The third-order valence-corrected chi connectivity index (χ3v) is 8.62. The standard InChI is InChI=1S/C22H25N3O6S2/c1-14-15(2)32-22-20(14)21(27)23-18(24-22)13-31-19(26)8-5-16-3-6-17(7-4-16)33(28,29)25-9-11-30-12-10-25/h3-4,6-7H,5,8-13H2,1-2H3,(H,23,24,27). The first-order chi connectivity index (χ1) is 15.8. The molecule has 0 unspecified atom stereocenters. The second kappa shape index (κ2) is 9.72.